The topological polar surface area (TPSA) is 84.0 Å². The van der Waals surface area contributed by atoms with Gasteiger partial charge in [0.05, 0.1) is 24.6 Å². The average molecular weight is 429 g/mol. The Balaban J connectivity index is 1.95. The van der Waals surface area contributed by atoms with Crippen molar-refractivity contribution < 1.29 is 9.13 Å². The van der Waals surface area contributed by atoms with Crippen LogP contribution in [-0.2, 0) is 0 Å². The zero-order valence-electron chi connectivity index (χ0n) is 16.7. The van der Waals surface area contributed by atoms with Gasteiger partial charge in [-0.25, -0.2) is 14.4 Å². The number of benzene rings is 1. The Bertz CT molecular complexity index is 1050. The predicted molar refractivity (Wildman–Crippen MR) is 117 cm³/mol. The molecule has 0 spiro atoms. The molecule has 30 heavy (non-hydrogen) atoms. The second-order valence-corrected chi connectivity index (χ2v) is 6.73. The number of anilines is 2. The van der Waals surface area contributed by atoms with Gasteiger partial charge < -0.3 is 20.7 Å². The molecule has 0 saturated heterocycles. The van der Waals surface area contributed by atoms with Crippen molar-refractivity contribution in [3.8, 4) is 17.1 Å². The zero-order valence-corrected chi connectivity index (χ0v) is 17.4. The molecule has 0 aliphatic rings. The maximum Gasteiger partial charge on any atom is 0.179 e. The van der Waals surface area contributed by atoms with Crippen LogP contribution in [0.1, 0.15) is 5.56 Å². The van der Waals surface area contributed by atoms with Gasteiger partial charge in [-0.05, 0) is 31.3 Å². The summed E-state index contributed by atoms with van der Waals surface area (Å²) in [4.78, 5) is 12.8. The summed E-state index contributed by atoms with van der Waals surface area (Å²) in [5.74, 6) is 0.483. The highest BCUT2D eigenvalue weighted by atomic mass is 35.5. The molecule has 2 heterocycles. The maximum atomic E-state index is 14.3. The Labute approximate surface area is 179 Å². The summed E-state index contributed by atoms with van der Waals surface area (Å²) in [5, 5.41) is 9.92. The van der Waals surface area contributed by atoms with Crippen molar-refractivity contribution in [3.05, 3.63) is 65.8 Å². The first-order valence-corrected chi connectivity index (χ1v) is 9.56. The zero-order chi connectivity index (χ0) is 21.5. The van der Waals surface area contributed by atoms with Gasteiger partial charge in [-0.1, -0.05) is 18.2 Å². The molecule has 0 aliphatic heterocycles. The van der Waals surface area contributed by atoms with Crippen LogP contribution in [0.5, 0.6) is 5.75 Å². The van der Waals surface area contributed by atoms with E-state index in [1.807, 2.05) is 7.05 Å². The van der Waals surface area contributed by atoms with Crippen LogP contribution >= 0.6 is 11.6 Å². The van der Waals surface area contributed by atoms with Crippen molar-refractivity contribution in [2.24, 2.45) is 0 Å². The van der Waals surface area contributed by atoms with Gasteiger partial charge in [-0.2, -0.15) is 0 Å². The van der Waals surface area contributed by atoms with Crippen molar-refractivity contribution in [2.45, 2.75) is 0 Å². The predicted octanol–water partition coefficient (Wildman–Crippen LogP) is 3.86. The molecule has 3 rings (SSSR count). The normalized spacial score (nSPS) is 10.5. The SMILES string of the molecule is C=C(NCCNC)c1cnccc1Nc1nc(-c2cc(Cl)ccc2F)ncc1OC. The molecule has 7 nitrogen and oxygen atoms in total. The number of methoxy groups -OCH3 is 1. The smallest absolute Gasteiger partial charge is 0.179 e. The molecule has 0 amide bonds. The van der Waals surface area contributed by atoms with Crippen molar-refractivity contribution in [3.63, 3.8) is 0 Å². The monoisotopic (exact) mass is 428 g/mol. The fourth-order valence-electron chi connectivity index (χ4n) is 2.71. The summed E-state index contributed by atoms with van der Waals surface area (Å²) in [6, 6.07) is 6.02. The van der Waals surface area contributed by atoms with E-state index in [0.717, 1.165) is 12.1 Å². The lowest BCUT2D eigenvalue weighted by Gasteiger charge is -2.16. The second kappa shape index (κ2) is 10.00. The third-order valence-corrected chi connectivity index (χ3v) is 4.49. The number of pyridine rings is 1. The molecule has 0 fully saturated rings. The minimum absolute atomic E-state index is 0.180. The van der Waals surface area contributed by atoms with Gasteiger partial charge in [0.2, 0.25) is 0 Å². The first kappa shape index (κ1) is 21.5. The van der Waals surface area contributed by atoms with Crippen molar-refractivity contribution in [1.29, 1.82) is 0 Å². The Hall–Kier alpha value is -3.23. The van der Waals surface area contributed by atoms with Gasteiger partial charge in [0.25, 0.3) is 0 Å². The summed E-state index contributed by atoms with van der Waals surface area (Å²) in [6.45, 7) is 5.58. The first-order valence-electron chi connectivity index (χ1n) is 9.18. The first-order chi connectivity index (χ1) is 14.5. The van der Waals surface area contributed by atoms with E-state index < -0.39 is 5.82 Å². The average Bonchev–Trinajstić information content (AvgIpc) is 2.76. The van der Waals surface area contributed by atoms with E-state index in [-0.39, 0.29) is 11.4 Å². The van der Waals surface area contributed by atoms with Gasteiger partial charge in [0.1, 0.15) is 5.82 Å². The summed E-state index contributed by atoms with van der Waals surface area (Å²) in [5.41, 5.74) is 2.38. The minimum Gasteiger partial charge on any atom is -0.491 e. The molecule has 0 atom stereocenters. The van der Waals surface area contributed by atoms with Crippen molar-refractivity contribution >= 4 is 28.8 Å². The molecule has 0 unspecified atom stereocenters. The van der Waals surface area contributed by atoms with Crippen molar-refractivity contribution in [2.75, 3.05) is 32.6 Å². The van der Waals surface area contributed by atoms with Crippen LogP contribution in [0.25, 0.3) is 17.1 Å². The Morgan fingerprint density at radius 3 is 2.83 bits per heavy atom. The van der Waals surface area contributed by atoms with E-state index in [0.29, 0.717) is 34.5 Å². The fourth-order valence-corrected chi connectivity index (χ4v) is 2.89. The number of nitrogens with one attached hydrogen (secondary N) is 3. The number of ether oxygens (including phenoxy) is 1. The number of hydrogen-bond acceptors (Lipinski definition) is 7. The highest BCUT2D eigenvalue weighted by molar-refractivity contribution is 6.30. The molecule has 0 radical (unpaired) electrons. The molecular weight excluding hydrogens is 407 g/mol. The van der Waals surface area contributed by atoms with Crippen LogP contribution in [0.3, 0.4) is 0 Å². The molecule has 9 heteroatoms. The van der Waals surface area contributed by atoms with E-state index in [1.165, 1.54) is 31.5 Å². The van der Waals surface area contributed by atoms with Crippen LogP contribution in [-0.4, -0.2) is 42.2 Å². The summed E-state index contributed by atoms with van der Waals surface area (Å²) < 4.78 is 19.7. The quantitative estimate of drug-likeness (QED) is 0.446. The molecular formula is C21H22ClFN6O. The third-order valence-electron chi connectivity index (χ3n) is 4.26. The standard InChI is InChI=1S/C21H22ClFN6O/c1-13(26-9-8-24-2)16-11-25-7-6-18(16)28-21-19(30-3)12-27-20(29-21)15-10-14(22)4-5-17(15)23/h4-7,10-12,24,26H,1,8-9H2,2-3H3,(H,25,27,28,29). The van der Waals surface area contributed by atoms with E-state index in [4.69, 9.17) is 16.3 Å². The Morgan fingerprint density at radius 2 is 2.07 bits per heavy atom. The lowest BCUT2D eigenvalue weighted by Crippen LogP contribution is -2.23. The van der Waals surface area contributed by atoms with E-state index in [9.17, 15) is 4.39 Å². The van der Waals surface area contributed by atoms with Crippen LogP contribution in [0.2, 0.25) is 5.02 Å². The number of aromatic nitrogens is 3. The second-order valence-electron chi connectivity index (χ2n) is 6.29. The molecule has 156 valence electrons. The molecule has 1 aromatic carbocycles. The molecule has 2 aromatic heterocycles. The molecule has 3 N–H and O–H groups in total. The lowest BCUT2D eigenvalue weighted by molar-refractivity contribution is 0.413. The van der Waals surface area contributed by atoms with Gasteiger partial charge >= 0.3 is 0 Å². The molecule has 0 saturated carbocycles. The van der Waals surface area contributed by atoms with E-state index in [2.05, 4.69) is 37.5 Å². The minimum atomic E-state index is -0.470. The number of nitrogens with zero attached hydrogens (tertiary/aromatic N) is 3. The van der Waals surface area contributed by atoms with Crippen LogP contribution in [0.15, 0.2) is 49.4 Å². The summed E-state index contributed by atoms with van der Waals surface area (Å²) in [6.07, 6.45) is 4.83. The van der Waals surface area contributed by atoms with Crippen LogP contribution < -0.4 is 20.7 Å². The maximum absolute atomic E-state index is 14.3. The highest BCUT2D eigenvalue weighted by Gasteiger charge is 2.15. The van der Waals surface area contributed by atoms with Crippen LogP contribution in [0, 0.1) is 5.82 Å². The summed E-state index contributed by atoms with van der Waals surface area (Å²) in [7, 11) is 3.39. The van der Waals surface area contributed by atoms with Gasteiger partial charge in [-0.3, -0.25) is 4.98 Å². The summed E-state index contributed by atoms with van der Waals surface area (Å²) >= 11 is 6.01. The third kappa shape index (κ3) is 5.03. The number of rotatable bonds is 9. The van der Waals surface area contributed by atoms with Crippen molar-refractivity contribution in [1.82, 2.24) is 25.6 Å². The lowest BCUT2D eigenvalue weighted by atomic mass is 10.1. The fraction of sp³-hybridized carbons (Fsp3) is 0.190. The van der Waals surface area contributed by atoms with Gasteiger partial charge in [0, 0.05) is 41.8 Å². The van der Waals surface area contributed by atoms with Gasteiger partial charge in [0.15, 0.2) is 17.4 Å². The number of halogens is 2. The van der Waals surface area contributed by atoms with E-state index >= 15 is 0 Å². The Morgan fingerprint density at radius 1 is 1.23 bits per heavy atom. The molecule has 3 aromatic rings. The largest absolute Gasteiger partial charge is 0.491 e. The molecule has 0 aliphatic carbocycles. The Kier molecular flexibility index (Phi) is 7.16. The number of hydrogen-bond donors (Lipinski definition) is 3. The highest BCUT2D eigenvalue weighted by Crippen LogP contribution is 2.31. The van der Waals surface area contributed by atoms with E-state index in [1.54, 1.807) is 18.5 Å². The van der Waals surface area contributed by atoms with Gasteiger partial charge in [-0.15, -0.1) is 0 Å². The molecule has 0 bridgehead atoms. The number of likely N-dealkylation sites (N-methyl/N-ethyl adjacent to an activating group) is 1. The van der Waals surface area contributed by atoms with Crippen LogP contribution in [0.4, 0.5) is 15.9 Å².